The molecular weight excluding hydrogens is 432 g/mol. The van der Waals surface area contributed by atoms with E-state index in [2.05, 4.69) is 55.9 Å². The van der Waals surface area contributed by atoms with Crippen LogP contribution < -0.4 is 5.32 Å². The number of rotatable bonds is 6. The van der Waals surface area contributed by atoms with Crippen molar-refractivity contribution in [3.05, 3.63) is 95.9 Å². The molecular formula is C25H22N6OS. The Morgan fingerprint density at radius 3 is 2.61 bits per heavy atom. The maximum atomic E-state index is 13.4. The van der Waals surface area contributed by atoms with Crippen LogP contribution in [0.1, 0.15) is 30.9 Å². The minimum absolute atomic E-state index is 0.112. The van der Waals surface area contributed by atoms with Crippen LogP contribution in [0, 0.1) is 5.41 Å². The number of carbonyl (C=O) groups excluding carboxylic acids is 1. The molecule has 3 heterocycles. The van der Waals surface area contributed by atoms with Crippen LogP contribution in [0.4, 0.5) is 5.13 Å². The van der Waals surface area contributed by atoms with E-state index >= 15 is 0 Å². The van der Waals surface area contributed by atoms with Gasteiger partial charge in [-0.1, -0.05) is 61.6 Å². The summed E-state index contributed by atoms with van der Waals surface area (Å²) in [5.74, 6) is -0.294. The number of hydrogen-bond acceptors (Lipinski definition) is 6. The molecule has 0 fully saturated rings. The van der Waals surface area contributed by atoms with Crippen molar-refractivity contribution in [3.8, 4) is 5.69 Å². The van der Waals surface area contributed by atoms with Crippen molar-refractivity contribution in [1.29, 1.82) is 0 Å². The van der Waals surface area contributed by atoms with Crippen LogP contribution in [0.25, 0.3) is 16.6 Å². The molecule has 0 saturated heterocycles. The van der Waals surface area contributed by atoms with Gasteiger partial charge < -0.3 is 5.32 Å². The molecule has 0 radical (unpaired) electrons. The quantitative estimate of drug-likeness (QED) is 0.387. The third-order valence-electron chi connectivity index (χ3n) is 5.84. The van der Waals surface area contributed by atoms with Gasteiger partial charge in [0.2, 0.25) is 11.0 Å². The number of carbonyl (C=O) groups is 1. The number of pyridine rings is 1. The summed E-state index contributed by atoms with van der Waals surface area (Å²) in [7, 11) is 0. The summed E-state index contributed by atoms with van der Waals surface area (Å²) in [5.41, 5.74) is 4.82. The van der Waals surface area contributed by atoms with Crippen LogP contribution in [-0.2, 0) is 4.79 Å². The minimum atomic E-state index is -0.764. The van der Waals surface area contributed by atoms with Crippen LogP contribution in [0.3, 0.4) is 0 Å². The first-order valence-electron chi connectivity index (χ1n) is 10.5. The number of nitrogens with one attached hydrogen (secondary N) is 1. The summed E-state index contributed by atoms with van der Waals surface area (Å²) in [4.78, 5) is 17.6. The largest absolute Gasteiger partial charge is 0.300 e. The number of anilines is 1. The standard InChI is InChI=1S/C25H22N6OS/c1-25(2,23(32)29-24-30-27-16-33-24)22(17-7-4-3-5-8-17)18-10-11-21-19(13-18)14-28-31(21)20-9-6-12-26-15-20/h3-16,22H,1-2H3,(H,29,30,32)/t22-/m1/s1. The van der Waals surface area contributed by atoms with E-state index in [-0.39, 0.29) is 11.8 Å². The lowest BCUT2D eigenvalue weighted by Gasteiger charge is -2.33. The van der Waals surface area contributed by atoms with Gasteiger partial charge in [-0.05, 0) is 35.4 Å². The Bertz CT molecular complexity index is 1380. The van der Waals surface area contributed by atoms with E-state index in [1.165, 1.54) is 11.3 Å². The lowest BCUT2D eigenvalue weighted by atomic mass is 9.70. The van der Waals surface area contributed by atoms with Gasteiger partial charge in [0.25, 0.3) is 0 Å². The molecule has 5 rings (SSSR count). The van der Waals surface area contributed by atoms with Crippen molar-refractivity contribution in [2.75, 3.05) is 5.32 Å². The first-order valence-corrected chi connectivity index (χ1v) is 11.4. The van der Waals surface area contributed by atoms with Crippen molar-refractivity contribution in [2.45, 2.75) is 19.8 Å². The van der Waals surface area contributed by atoms with Gasteiger partial charge in [0.15, 0.2) is 0 Å². The maximum absolute atomic E-state index is 13.4. The monoisotopic (exact) mass is 454 g/mol. The van der Waals surface area contributed by atoms with E-state index in [4.69, 9.17) is 0 Å². The molecule has 0 unspecified atom stereocenters. The molecule has 1 atom stereocenters. The molecule has 0 saturated carbocycles. The Balaban J connectivity index is 1.58. The Labute approximate surface area is 195 Å². The highest BCUT2D eigenvalue weighted by Gasteiger charge is 2.39. The summed E-state index contributed by atoms with van der Waals surface area (Å²) in [6.45, 7) is 3.93. The third-order valence-corrected chi connectivity index (χ3v) is 6.44. The van der Waals surface area contributed by atoms with Crippen LogP contribution in [0.5, 0.6) is 0 Å². The molecule has 0 bridgehead atoms. The van der Waals surface area contributed by atoms with Crippen molar-refractivity contribution >= 4 is 33.3 Å². The lowest BCUT2D eigenvalue weighted by molar-refractivity contribution is -0.124. The fourth-order valence-electron chi connectivity index (χ4n) is 4.20. The zero-order chi connectivity index (χ0) is 22.8. The van der Waals surface area contributed by atoms with Gasteiger partial charge in [0.05, 0.1) is 29.0 Å². The second-order valence-corrected chi connectivity index (χ2v) is 9.18. The average Bonchev–Trinajstić information content (AvgIpc) is 3.50. The van der Waals surface area contributed by atoms with Gasteiger partial charge in [0.1, 0.15) is 5.51 Å². The molecule has 1 N–H and O–H groups in total. The minimum Gasteiger partial charge on any atom is -0.300 e. The van der Waals surface area contributed by atoms with Crippen molar-refractivity contribution in [3.63, 3.8) is 0 Å². The van der Waals surface area contributed by atoms with E-state index in [0.29, 0.717) is 5.13 Å². The van der Waals surface area contributed by atoms with Crippen LogP contribution in [-0.4, -0.2) is 30.9 Å². The summed E-state index contributed by atoms with van der Waals surface area (Å²) in [5, 5.41) is 16.8. The van der Waals surface area contributed by atoms with Gasteiger partial charge in [-0.15, -0.1) is 10.2 Å². The highest BCUT2D eigenvalue weighted by atomic mass is 32.1. The Morgan fingerprint density at radius 1 is 1.03 bits per heavy atom. The number of nitrogens with zero attached hydrogens (tertiary/aromatic N) is 5. The number of fused-ring (bicyclic) bond motifs is 1. The zero-order valence-corrected chi connectivity index (χ0v) is 19.0. The number of benzene rings is 2. The summed E-state index contributed by atoms with van der Waals surface area (Å²) in [6, 6.07) is 20.2. The number of hydrogen-bond donors (Lipinski definition) is 1. The molecule has 0 aliphatic rings. The average molecular weight is 455 g/mol. The van der Waals surface area contributed by atoms with Crippen molar-refractivity contribution in [1.82, 2.24) is 25.0 Å². The molecule has 0 aliphatic heterocycles. The number of aromatic nitrogens is 5. The Morgan fingerprint density at radius 2 is 1.88 bits per heavy atom. The molecule has 3 aromatic heterocycles. The smallest absolute Gasteiger partial charge is 0.232 e. The second-order valence-electron chi connectivity index (χ2n) is 8.35. The van der Waals surface area contributed by atoms with Gasteiger partial charge in [0, 0.05) is 17.5 Å². The maximum Gasteiger partial charge on any atom is 0.232 e. The predicted molar refractivity (Wildman–Crippen MR) is 129 cm³/mol. The first kappa shape index (κ1) is 21.0. The Kier molecular flexibility index (Phi) is 5.43. The SMILES string of the molecule is CC(C)(C(=O)Nc1nncs1)[C@H](c1ccccc1)c1ccc2c(cnn2-c2cccnc2)c1. The topological polar surface area (TPSA) is 85.6 Å². The van der Waals surface area contributed by atoms with Gasteiger partial charge in [-0.3, -0.25) is 9.78 Å². The fourth-order valence-corrected chi connectivity index (χ4v) is 4.64. The highest BCUT2D eigenvalue weighted by molar-refractivity contribution is 7.13. The fraction of sp³-hybridized carbons (Fsp3) is 0.160. The van der Waals surface area contributed by atoms with Crippen molar-refractivity contribution in [2.24, 2.45) is 5.41 Å². The zero-order valence-electron chi connectivity index (χ0n) is 18.2. The summed E-state index contributed by atoms with van der Waals surface area (Å²) >= 11 is 1.30. The molecule has 8 heteroatoms. The van der Waals surface area contributed by atoms with E-state index in [1.54, 1.807) is 17.9 Å². The van der Waals surface area contributed by atoms with E-state index in [9.17, 15) is 4.79 Å². The molecule has 33 heavy (non-hydrogen) atoms. The van der Waals surface area contributed by atoms with Crippen LogP contribution in [0.15, 0.2) is 84.8 Å². The Hall–Kier alpha value is -3.91. The molecule has 1 amide bonds. The first-order chi connectivity index (χ1) is 16.0. The van der Waals surface area contributed by atoms with Gasteiger partial charge >= 0.3 is 0 Å². The van der Waals surface area contributed by atoms with E-state index in [1.807, 2.05) is 55.1 Å². The second kappa shape index (κ2) is 8.55. The summed E-state index contributed by atoms with van der Waals surface area (Å²) < 4.78 is 1.87. The lowest BCUT2D eigenvalue weighted by Crippen LogP contribution is -2.37. The van der Waals surface area contributed by atoms with Gasteiger partial charge in [-0.25, -0.2) is 4.68 Å². The third kappa shape index (κ3) is 4.01. The molecule has 2 aromatic carbocycles. The van der Waals surface area contributed by atoms with E-state index in [0.717, 1.165) is 27.7 Å². The summed E-state index contributed by atoms with van der Waals surface area (Å²) in [6.07, 6.45) is 5.38. The van der Waals surface area contributed by atoms with Crippen molar-refractivity contribution < 1.29 is 4.79 Å². The molecule has 0 aliphatic carbocycles. The molecule has 0 spiro atoms. The van der Waals surface area contributed by atoms with E-state index < -0.39 is 5.41 Å². The molecule has 164 valence electrons. The van der Waals surface area contributed by atoms with Gasteiger partial charge in [-0.2, -0.15) is 5.10 Å². The normalized spacial score (nSPS) is 12.5. The van der Waals surface area contributed by atoms with Crippen LogP contribution in [0.2, 0.25) is 0 Å². The highest BCUT2D eigenvalue weighted by Crippen LogP contribution is 2.42. The molecule has 5 aromatic rings. The predicted octanol–water partition coefficient (Wildman–Crippen LogP) is 5.07. The van der Waals surface area contributed by atoms with Crippen LogP contribution >= 0.6 is 11.3 Å². The number of amides is 1. The molecule has 7 nitrogen and oxygen atoms in total.